The first-order valence-electron chi connectivity index (χ1n) is 7.28. The van der Waals surface area contributed by atoms with Crippen LogP contribution in [0, 0.1) is 6.92 Å². The first-order valence-corrected chi connectivity index (χ1v) is 7.28. The minimum absolute atomic E-state index is 0.111. The Morgan fingerprint density at radius 1 is 1.38 bits per heavy atom. The molecule has 1 aliphatic rings. The summed E-state index contributed by atoms with van der Waals surface area (Å²) in [6.45, 7) is 6.80. The van der Waals surface area contributed by atoms with Gasteiger partial charge < -0.3 is 14.5 Å². The van der Waals surface area contributed by atoms with Gasteiger partial charge in [0.15, 0.2) is 5.69 Å². The molecule has 0 aliphatic carbocycles. The summed E-state index contributed by atoms with van der Waals surface area (Å²) in [7, 11) is 0. The molecule has 1 aliphatic heterocycles. The van der Waals surface area contributed by atoms with E-state index in [4.69, 9.17) is 4.74 Å². The molecular formula is C15H20N4O2. The van der Waals surface area contributed by atoms with Crippen molar-refractivity contribution in [3.63, 3.8) is 0 Å². The highest BCUT2D eigenvalue weighted by Gasteiger charge is 2.16. The normalized spacial score (nSPS) is 16.2. The van der Waals surface area contributed by atoms with Gasteiger partial charge in [0.1, 0.15) is 5.82 Å². The van der Waals surface area contributed by atoms with Gasteiger partial charge >= 0.3 is 0 Å². The predicted octanol–water partition coefficient (Wildman–Crippen LogP) is 0.705. The first kappa shape index (κ1) is 14.0. The molecule has 21 heavy (non-hydrogen) atoms. The Kier molecular flexibility index (Phi) is 4.17. The molecule has 6 nitrogen and oxygen atoms in total. The van der Waals surface area contributed by atoms with Crippen LogP contribution in [0.3, 0.4) is 0 Å². The quantitative estimate of drug-likeness (QED) is 0.900. The number of morpholine rings is 1. The number of hydrogen-bond donors (Lipinski definition) is 1. The van der Waals surface area contributed by atoms with E-state index in [-0.39, 0.29) is 5.91 Å². The maximum absolute atomic E-state index is 12.3. The maximum Gasteiger partial charge on any atom is 0.272 e. The molecule has 0 atom stereocenters. The smallest absolute Gasteiger partial charge is 0.272 e. The Morgan fingerprint density at radius 3 is 3.00 bits per heavy atom. The fourth-order valence-electron chi connectivity index (χ4n) is 2.59. The number of ether oxygens (including phenoxy) is 1. The van der Waals surface area contributed by atoms with E-state index in [2.05, 4.69) is 15.2 Å². The lowest BCUT2D eigenvalue weighted by molar-refractivity contribution is 0.0383. The van der Waals surface area contributed by atoms with Gasteiger partial charge in [0.25, 0.3) is 5.91 Å². The van der Waals surface area contributed by atoms with Crippen LogP contribution in [0.15, 0.2) is 24.4 Å². The van der Waals surface area contributed by atoms with Gasteiger partial charge in [-0.2, -0.15) is 0 Å². The van der Waals surface area contributed by atoms with Crippen molar-refractivity contribution < 1.29 is 9.53 Å². The molecule has 1 fully saturated rings. The van der Waals surface area contributed by atoms with Crippen molar-refractivity contribution in [2.75, 3.05) is 39.4 Å². The number of pyridine rings is 1. The van der Waals surface area contributed by atoms with Crippen LogP contribution in [-0.4, -0.2) is 59.6 Å². The van der Waals surface area contributed by atoms with E-state index in [0.717, 1.165) is 44.2 Å². The second kappa shape index (κ2) is 6.24. The Labute approximate surface area is 123 Å². The second-order valence-electron chi connectivity index (χ2n) is 5.17. The Balaban J connectivity index is 1.61. The number of fused-ring (bicyclic) bond motifs is 1. The molecule has 1 N–H and O–H groups in total. The molecule has 2 aromatic heterocycles. The van der Waals surface area contributed by atoms with Crippen LogP contribution in [0.2, 0.25) is 0 Å². The van der Waals surface area contributed by atoms with Crippen LogP contribution in [0.4, 0.5) is 0 Å². The van der Waals surface area contributed by atoms with Crippen LogP contribution < -0.4 is 5.32 Å². The van der Waals surface area contributed by atoms with Crippen molar-refractivity contribution >= 4 is 11.4 Å². The van der Waals surface area contributed by atoms with E-state index in [1.54, 1.807) is 0 Å². The molecule has 3 heterocycles. The van der Waals surface area contributed by atoms with Gasteiger partial charge in [-0.05, 0) is 19.1 Å². The summed E-state index contributed by atoms with van der Waals surface area (Å²) in [6.07, 6.45) is 1.92. The molecule has 0 aromatic carbocycles. The lowest BCUT2D eigenvalue weighted by Gasteiger charge is -2.26. The topological polar surface area (TPSA) is 58.9 Å². The molecule has 1 amide bonds. The van der Waals surface area contributed by atoms with E-state index >= 15 is 0 Å². The number of carbonyl (C=O) groups excluding carboxylic acids is 1. The fourth-order valence-corrected chi connectivity index (χ4v) is 2.59. The number of aromatic nitrogens is 2. The van der Waals surface area contributed by atoms with E-state index in [1.165, 1.54) is 0 Å². The lowest BCUT2D eigenvalue weighted by atomic mass is 10.3. The largest absolute Gasteiger partial charge is 0.379 e. The van der Waals surface area contributed by atoms with E-state index in [1.807, 2.05) is 35.7 Å². The third-order valence-electron chi connectivity index (χ3n) is 3.76. The predicted molar refractivity (Wildman–Crippen MR) is 79.5 cm³/mol. The van der Waals surface area contributed by atoms with Gasteiger partial charge in [-0.1, -0.05) is 6.07 Å². The number of aryl methyl sites for hydroxylation is 1. The Morgan fingerprint density at radius 2 is 2.19 bits per heavy atom. The number of amides is 1. The number of imidazole rings is 1. The van der Waals surface area contributed by atoms with Crippen molar-refractivity contribution in [1.29, 1.82) is 0 Å². The van der Waals surface area contributed by atoms with Crippen LogP contribution >= 0.6 is 0 Å². The zero-order chi connectivity index (χ0) is 14.7. The monoisotopic (exact) mass is 288 g/mol. The standard InChI is InChI=1S/C15H20N4O2/c1-12-17-14(13-4-2-3-6-19(12)13)15(20)16-5-7-18-8-10-21-11-9-18/h2-4,6H,5,7-11H2,1H3,(H,16,20). The van der Waals surface area contributed by atoms with Crippen molar-refractivity contribution in [2.45, 2.75) is 6.92 Å². The van der Waals surface area contributed by atoms with E-state index < -0.39 is 0 Å². The summed E-state index contributed by atoms with van der Waals surface area (Å²) in [6, 6.07) is 5.76. The highest BCUT2D eigenvalue weighted by Crippen LogP contribution is 2.12. The van der Waals surface area contributed by atoms with Crippen LogP contribution in [0.25, 0.3) is 5.52 Å². The van der Waals surface area contributed by atoms with Gasteiger partial charge in [0.2, 0.25) is 0 Å². The lowest BCUT2D eigenvalue weighted by Crippen LogP contribution is -2.41. The molecule has 0 saturated carbocycles. The number of nitrogens with one attached hydrogen (secondary N) is 1. The van der Waals surface area contributed by atoms with Crippen LogP contribution in [0.5, 0.6) is 0 Å². The van der Waals surface area contributed by atoms with E-state index in [9.17, 15) is 4.79 Å². The number of rotatable bonds is 4. The van der Waals surface area contributed by atoms with Gasteiger partial charge in [0, 0.05) is 32.4 Å². The third-order valence-corrected chi connectivity index (χ3v) is 3.76. The zero-order valence-electron chi connectivity index (χ0n) is 12.2. The SMILES string of the molecule is Cc1nc(C(=O)NCCN2CCOCC2)c2ccccn12. The number of nitrogens with zero attached hydrogens (tertiary/aromatic N) is 3. The van der Waals surface area contributed by atoms with Crippen molar-refractivity contribution in [1.82, 2.24) is 19.6 Å². The average Bonchev–Trinajstić information content (AvgIpc) is 2.86. The molecule has 2 aromatic rings. The van der Waals surface area contributed by atoms with Crippen LogP contribution in [0.1, 0.15) is 16.3 Å². The van der Waals surface area contributed by atoms with E-state index in [0.29, 0.717) is 12.2 Å². The maximum atomic E-state index is 12.3. The average molecular weight is 288 g/mol. The highest BCUT2D eigenvalue weighted by atomic mass is 16.5. The van der Waals surface area contributed by atoms with Gasteiger partial charge in [-0.3, -0.25) is 9.69 Å². The molecular weight excluding hydrogens is 268 g/mol. The second-order valence-corrected chi connectivity index (χ2v) is 5.17. The zero-order valence-corrected chi connectivity index (χ0v) is 12.2. The van der Waals surface area contributed by atoms with Crippen LogP contribution in [-0.2, 0) is 4.74 Å². The molecule has 0 unspecified atom stereocenters. The molecule has 1 saturated heterocycles. The Hall–Kier alpha value is -1.92. The molecule has 3 rings (SSSR count). The molecule has 0 radical (unpaired) electrons. The summed E-state index contributed by atoms with van der Waals surface area (Å²) in [5, 5.41) is 2.95. The van der Waals surface area contributed by atoms with Crippen molar-refractivity contribution in [3.8, 4) is 0 Å². The number of hydrogen-bond acceptors (Lipinski definition) is 4. The number of carbonyl (C=O) groups is 1. The minimum Gasteiger partial charge on any atom is -0.379 e. The fraction of sp³-hybridized carbons (Fsp3) is 0.467. The summed E-state index contributed by atoms with van der Waals surface area (Å²) < 4.78 is 7.23. The third kappa shape index (κ3) is 3.06. The summed E-state index contributed by atoms with van der Waals surface area (Å²) >= 11 is 0. The molecule has 112 valence electrons. The van der Waals surface area contributed by atoms with Crippen molar-refractivity contribution in [2.24, 2.45) is 0 Å². The first-order chi connectivity index (χ1) is 10.3. The molecule has 6 heteroatoms. The van der Waals surface area contributed by atoms with Gasteiger partial charge in [0.05, 0.1) is 18.7 Å². The summed E-state index contributed by atoms with van der Waals surface area (Å²) in [4.78, 5) is 18.9. The summed E-state index contributed by atoms with van der Waals surface area (Å²) in [5.74, 6) is 0.712. The Bertz CT molecular complexity index is 632. The van der Waals surface area contributed by atoms with Crippen molar-refractivity contribution in [3.05, 3.63) is 35.9 Å². The highest BCUT2D eigenvalue weighted by molar-refractivity contribution is 5.99. The molecule has 0 spiro atoms. The molecule has 0 bridgehead atoms. The van der Waals surface area contributed by atoms with Gasteiger partial charge in [-0.25, -0.2) is 4.98 Å². The van der Waals surface area contributed by atoms with Gasteiger partial charge in [-0.15, -0.1) is 0 Å². The minimum atomic E-state index is -0.111. The summed E-state index contributed by atoms with van der Waals surface area (Å²) in [5.41, 5.74) is 1.34.